The smallest absolute Gasteiger partial charge is 0.0740 e. The summed E-state index contributed by atoms with van der Waals surface area (Å²) in [6, 6.07) is 0. The highest BCUT2D eigenvalue weighted by Crippen LogP contribution is 2.67. The molecule has 2 aliphatic carbocycles. The van der Waals surface area contributed by atoms with E-state index < -0.39 is 5.60 Å². The molecule has 2 rings (SSSR count). The summed E-state index contributed by atoms with van der Waals surface area (Å²) in [7, 11) is 0. The molecular weight excluding hydrogens is 180 g/mol. The first-order valence-electron chi connectivity index (χ1n) is 5.15. The van der Waals surface area contributed by atoms with Gasteiger partial charge in [-0.25, -0.2) is 0 Å². The Morgan fingerprint density at radius 3 is 2.38 bits per heavy atom. The fourth-order valence-corrected chi connectivity index (χ4v) is 4.15. The van der Waals surface area contributed by atoms with Crippen molar-refractivity contribution in [3.8, 4) is 0 Å². The van der Waals surface area contributed by atoms with Crippen molar-refractivity contribution in [2.75, 3.05) is 6.26 Å². The van der Waals surface area contributed by atoms with E-state index in [9.17, 15) is 5.11 Å². The maximum Gasteiger partial charge on any atom is 0.0740 e. The van der Waals surface area contributed by atoms with Gasteiger partial charge in [-0.15, -0.1) is 0 Å². The monoisotopic (exact) mass is 200 g/mol. The van der Waals surface area contributed by atoms with Crippen molar-refractivity contribution in [1.82, 2.24) is 0 Å². The lowest BCUT2D eigenvalue weighted by Crippen LogP contribution is -2.40. The molecule has 2 saturated carbocycles. The molecule has 2 fully saturated rings. The summed E-state index contributed by atoms with van der Waals surface area (Å²) in [5, 5.41) is 10.7. The van der Waals surface area contributed by atoms with Crippen molar-refractivity contribution in [1.29, 1.82) is 0 Å². The average Bonchev–Trinajstić information content (AvgIpc) is 2.50. The van der Waals surface area contributed by atoms with Crippen LogP contribution in [0, 0.1) is 17.3 Å². The molecular formula is C11H20OS. The highest BCUT2D eigenvalue weighted by atomic mass is 32.2. The van der Waals surface area contributed by atoms with Crippen molar-refractivity contribution in [3.05, 3.63) is 0 Å². The second-order valence-corrected chi connectivity index (χ2v) is 6.60. The van der Waals surface area contributed by atoms with Crippen LogP contribution < -0.4 is 0 Å². The molecule has 13 heavy (non-hydrogen) atoms. The van der Waals surface area contributed by atoms with Gasteiger partial charge in [-0.2, -0.15) is 11.8 Å². The Morgan fingerprint density at radius 2 is 1.85 bits per heavy atom. The number of thioether (sulfide) groups is 1. The third kappa shape index (κ3) is 1.33. The minimum atomic E-state index is -0.422. The van der Waals surface area contributed by atoms with Crippen LogP contribution >= 0.6 is 11.8 Å². The molecule has 0 aliphatic heterocycles. The van der Waals surface area contributed by atoms with Crippen molar-refractivity contribution in [3.63, 3.8) is 0 Å². The maximum absolute atomic E-state index is 10.2. The van der Waals surface area contributed by atoms with Gasteiger partial charge in [0.2, 0.25) is 0 Å². The Labute approximate surface area is 85.3 Å². The summed E-state index contributed by atoms with van der Waals surface area (Å²) in [6.45, 7) is 6.71. The van der Waals surface area contributed by atoms with Crippen LogP contribution in [0.15, 0.2) is 0 Å². The van der Waals surface area contributed by atoms with Gasteiger partial charge in [-0.1, -0.05) is 13.8 Å². The molecule has 1 nitrogen and oxygen atoms in total. The summed E-state index contributed by atoms with van der Waals surface area (Å²) in [4.78, 5) is 0. The lowest BCUT2D eigenvalue weighted by Gasteiger charge is -2.35. The van der Waals surface area contributed by atoms with Crippen LogP contribution in [0.25, 0.3) is 0 Å². The first kappa shape index (κ1) is 9.85. The molecule has 4 atom stereocenters. The normalized spacial score (nSPS) is 52.8. The van der Waals surface area contributed by atoms with Gasteiger partial charge in [0.15, 0.2) is 0 Å². The highest BCUT2D eigenvalue weighted by molar-refractivity contribution is 7.99. The average molecular weight is 200 g/mol. The molecule has 0 bridgehead atoms. The van der Waals surface area contributed by atoms with E-state index >= 15 is 0 Å². The largest absolute Gasteiger partial charge is 0.389 e. The zero-order chi connectivity index (χ0) is 9.85. The summed E-state index contributed by atoms with van der Waals surface area (Å²) >= 11 is 1.83. The molecule has 2 aliphatic rings. The number of aliphatic hydroxyl groups is 1. The van der Waals surface area contributed by atoms with Crippen LogP contribution in [0.5, 0.6) is 0 Å². The van der Waals surface area contributed by atoms with Gasteiger partial charge in [0.05, 0.1) is 5.60 Å². The first-order valence-corrected chi connectivity index (χ1v) is 6.43. The lowest BCUT2D eigenvalue weighted by atomic mass is 9.86. The van der Waals surface area contributed by atoms with Crippen molar-refractivity contribution < 1.29 is 5.11 Å². The van der Waals surface area contributed by atoms with Gasteiger partial charge >= 0.3 is 0 Å². The second kappa shape index (κ2) is 2.66. The van der Waals surface area contributed by atoms with Gasteiger partial charge in [0.25, 0.3) is 0 Å². The fourth-order valence-electron chi connectivity index (χ4n) is 3.14. The van der Waals surface area contributed by atoms with E-state index in [4.69, 9.17) is 0 Å². The summed E-state index contributed by atoms with van der Waals surface area (Å²) in [6.07, 6.45) is 4.34. The SMILES string of the molecule is CS[C@@H]1C[C@@H]2[C@H](C[C@@]1(C)O)C2(C)C. The molecule has 76 valence electrons. The van der Waals surface area contributed by atoms with Crippen LogP contribution in [0.3, 0.4) is 0 Å². The quantitative estimate of drug-likeness (QED) is 0.702. The minimum absolute atomic E-state index is 0.422. The van der Waals surface area contributed by atoms with Gasteiger partial charge in [0.1, 0.15) is 0 Å². The molecule has 0 amide bonds. The third-order valence-corrected chi connectivity index (χ3v) is 5.64. The zero-order valence-corrected chi connectivity index (χ0v) is 9.82. The molecule has 0 spiro atoms. The highest BCUT2D eigenvalue weighted by Gasteiger charge is 2.63. The van der Waals surface area contributed by atoms with Crippen molar-refractivity contribution >= 4 is 11.8 Å². The van der Waals surface area contributed by atoms with Gasteiger partial charge in [0, 0.05) is 5.25 Å². The van der Waals surface area contributed by atoms with E-state index in [-0.39, 0.29) is 0 Å². The molecule has 0 saturated heterocycles. The molecule has 1 N–H and O–H groups in total. The van der Waals surface area contributed by atoms with Crippen LogP contribution in [-0.2, 0) is 0 Å². The Kier molecular flexibility index (Phi) is 2.02. The molecule has 2 heteroatoms. The predicted octanol–water partition coefficient (Wildman–Crippen LogP) is 2.54. The van der Waals surface area contributed by atoms with Crippen LogP contribution in [0.4, 0.5) is 0 Å². The number of rotatable bonds is 1. The Bertz CT molecular complexity index is 222. The Hall–Kier alpha value is 0.310. The lowest BCUT2D eigenvalue weighted by molar-refractivity contribution is 0.0245. The molecule has 0 aromatic heterocycles. The Balaban J connectivity index is 2.13. The van der Waals surface area contributed by atoms with E-state index in [1.807, 2.05) is 18.7 Å². The van der Waals surface area contributed by atoms with Crippen LogP contribution in [0.1, 0.15) is 33.6 Å². The second-order valence-electron chi connectivity index (χ2n) is 5.56. The van der Waals surface area contributed by atoms with E-state index in [0.29, 0.717) is 10.7 Å². The molecule has 0 aromatic carbocycles. The van der Waals surface area contributed by atoms with Crippen LogP contribution in [0.2, 0.25) is 0 Å². The Morgan fingerprint density at radius 1 is 1.23 bits per heavy atom. The number of hydrogen-bond donors (Lipinski definition) is 1. The van der Waals surface area contributed by atoms with Crippen molar-refractivity contribution in [2.24, 2.45) is 17.3 Å². The molecule has 0 heterocycles. The fraction of sp³-hybridized carbons (Fsp3) is 1.00. The predicted molar refractivity (Wildman–Crippen MR) is 57.9 cm³/mol. The van der Waals surface area contributed by atoms with Gasteiger partial charge < -0.3 is 5.11 Å². The first-order chi connectivity index (χ1) is 5.89. The number of fused-ring (bicyclic) bond motifs is 1. The zero-order valence-electron chi connectivity index (χ0n) is 9.00. The summed E-state index contributed by atoms with van der Waals surface area (Å²) < 4.78 is 0. The molecule has 0 unspecified atom stereocenters. The van der Waals surface area contributed by atoms with E-state index in [1.165, 1.54) is 6.42 Å². The third-order valence-electron chi connectivity index (χ3n) is 4.37. The summed E-state index contributed by atoms with van der Waals surface area (Å²) in [5.74, 6) is 1.66. The maximum atomic E-state index is 10.2. The van der Waals surface area contributed by atoms with Gasteiger partial charge in [-0.05, 0) is 43.3 Å². The van der Waals surface area contributed by atoms with E-state index in [2.05, 4.69) is 20.1 Å². The minimum Gasteiger partial charge on any atom is -0.389 e. The molecule has 0 radical (unpaired) electrons. The topological polar surface area (TPSA) is 20.2 Å². The van der Waals surface area contributed by atoms with Crippen molar-refractivity contribution in [2.45, 2.75) is 44.5 Å². The van der Waals surface area contributed by atoms with Gasteiger partial charge in [-0.3, -0.25) is 0 Å². The number of hydrogen-bond acceptors (Lipinski definition) is 2. The standard InChI is InChI=1S/C11H20OS/c1-10(2)7-5-9(13-4)11(3,12)6-8(7)10/h7-9,12H,5-6H2,1-4H3/t7-,8+,9-,11-/m1/s1. The van der Waals surface area contributed by atoms with Crippen LogP contribution in [-0.4, -0.2) is 22.2 Å². The summed E-state index contributed by atoms with van der Waals surface area (Å²) in [5.41, 5.74) is 0.0861. The van der Waals surface area contributed by atoms with E-state index in [0.717, 1.165) is 18.3 Å². The molecule has 0 aromatic rings. The van der Waals surface area contributed by atoms with E-state index in [1.54, 1.807) is 0 Å².